The van der Waals surface area contributed by atoms with Gasteiger partial charge in [0.05, 0.1) is 12.5 Å². The van der Waals surface area contributed by atoms with Crippen LogP contribution in [0.4, 0.5) is 0 Å². The van der Waals surface area contributed by atoms with Gasteiger partial charge >= 0.3 is 0 Å². The first-order valence-corrected chi connectivity index (χ1v) is 2.62. The number of allylic oxidation sites excluding steroid dienone is 2. The van der Waals surface area contributed by atoms with E-state index in [-0.39, 0.29) is 0 Å². The lowest BCUT2D eigenvalue weighted by atomic mass is 10.1. The Bertz CT molecular complexity index is 84.2. The van der Waals surface area contributed by atoms with Crippen molar-refractivity contribution >= 4 is 0 Å². The third-order valence-corrected chi connectivity index (χ3v) is 1.12. The van der Waals surface area contributed by atoms with Gasteiger partial charge in [-0.3, -0.25) is 0 Å². The van der Waals surface area contributed by atoms with Gasteiger partial charge < -0.3 is 5.11 Å². The van der Waals surface area contributed by atoms with Gasteiger partial charge in [-0.2, -0.15) is 0 Å². The predicted octanol–water partition coefficient (Wildman–Crippen LogP) is 1.82. The molecule has 1 aliphatic rings. The largest absolute Gasteiger partial charge is 0.478 e. The lowest BCUT2D eigenvalue weighted by Crippen LogP contribution is -1.89. The van der Waals surface area contributed by atoms with Crippen molar-refractivity contribution in [2.45, 2.75) is 19.3 Å². The van der Waals surface area contributed by atoms with Gasteiger partial charge in [0.2, 0.25) is 0 Å². The zero-order valence-corrected chi connectivity index (χ0v) is 4.22. The molecule has 0 saturated carbocycles. The summed E-state index contributed by atoms with van der Waals surface area (Å²) in [6.45, 7) is 0. The van der Waals surface area contributed by atoms with Gasteiger partial charge in [-0.05, 0) is 6.42 Å². The molecular weight excluding hydrogens is 88.1 g/mol. The average molecular weight is 97.1 g/mol. The molecule has 0 fully saturated rings. The van der Waals surface area contributed by atoms with E-state index in [0.29, 0.717) is 5.76 Å². The number of aliphatic hydroxyl groups excluding tert-OH is 1. The molecule has 0 unspecified atom stereocenters. The van der Waals surface area contributed by atoms with Crippen LogP contribution >= 0.6 is 0 Å². The Morgan fingerprint density at radius 1 is 1.71 bits per heavy atom. The summed E-state index contributed by atoms with van der Waals surface area (Å²) in [4.78, 5) is 0. The van der Waals surface area contributed by atoms with Gasteiger partial charge in [0.1, 0.15) is 0 Å². The molecule has 7 heavy (non-hydrogen) atoms. The second-order valence-electron chi connectivity index (χ2n) is 1.76. The molecular formula is C6H9O+. The summed E-state index contributed by atoms with van der Waals surface area (Å²) in [6, 6.07) is 0. The number of rotatable bonds is 0. The van der Waals surface area contributed by atoms with Crippen molar-refractivity contribution in [2.24, 2.45) is 0 Å². The summed E-state index contributed by atoms with van der Waals surface area (Å²) in [7, 11) is 0. The van der Waals surface area contributed by atoms with Crippen LogP contribution in [0.5, 0.6) is 0 Å². The van der Waals surface area contributed by atoms with E-state index in [1.165, 1.54) is 6.42 Å². The Morgan fingerprint density at radius 2 is 2.57 bits per heavy atom. The first-order valence-electron chi connectivity index (χ1n) is 2.62. The van der Waals surface area contributed by atoms with Gasteiger partial charge in [0.15, 0.2) is 0 Å². The van der Waals surface area contributed by atoms with Crippen molar-refractivity contribution in [3.05, 3.63) is 18.3 Å². The van der Waals surface area contributed by atoms with Crippen molar-refractivity contribution < 1.29 is 5.11 Å². The van der Waals surface area contributed by atoms with Gasteiger partial charge in [-0.1, -0.05) is 0 Å². The Kier molecular flexibility index (Phi) is 1.25. The minimum atomic E-state index is 0.464. The molecule has 1 rings (SSSR count). The maximum atomic E-state index is 8.71. The van der Waals surface area contributed by atoms with E-state index in [4.69, 9.17) is 5.11 Å². The average Bonchev–Trinajstić information content (AvgIpc) is 1.69. The zero-order valence-electron chi connectivity index (χ0n) is 4.22. The Morgan fingerprint density at radius 3 is 2.86 bits per heavy atom. The van der Waals surface area contributed by atoms with Crippen LogP contribution < -0.4 is 0 Å². The lowest BCUT2D eigenvalue weighted by Gasteiger charge is -1.94. The van der Waals surface area contributed by atoms with Crippen molar-refractivity contribution in [3.63, 3.8) is 0 Å². The second-order valence-corrected chi connectivity index (χ2v) is 1.76. The minimum absolute atomic E-state index is 0.464. The molecule has 0 saturated heterocycles. The molecule has 0 aromatic heterocycles. The lowest BCUT2D eigenvalue weighted by molar-refractivity contribution is 0.405. The van der Waals surface area contributed by atoms with E-state index in [9.17, 15) is 0 Å². The van der Waals surface area contributed by atoms with Crippen LogP contribution in [-0.2, 0) is 0 Å². The van der Waals surface area contributed by atoms with E-state index in [2.05, 4.69) is 0 Å². The van der Waals surface area contributed by atoms with Crippen molar-refractivity contribution in [2.75, 3.05) is 0 Å². The summed E-state index contributed by atoms with van der Waals surface area (Å²) < 4.78 is 0. The third-order valence-electron chi connectivity index (χ3n) is 1.12. The van der Waals surface area contributed by atoms with Crippen LogP contribution in [0.15, 0.2) is 11.8 Å². The van der Waals surface area contributed by atoms with E-state index in [0.717, 1.165) is 12.8 Å². The molecule has 0 amide bonds. The summed E-state index contributed by atoms with van der Waals surface area (Å²) in [5.41, 5.74) is 0. The van der Waals surface area contributed by atoms with Crippen molar-refractivity contribution in [3.8, 4) is 0 Å². The quantitative estimate of drug-likeness (QED) is 0.457. The van der Waals surface area contributed by atoms with Crippen LogP contribution in [0.3, 0.4) is 0 Å². The third kappa shape index (κ3) is 1.15. The first-order chi connectivity index (χ1) is 3.39. The molecule has 0 atom stereocenters. The molecule has 1 N–H and O–H groups in total. The molecule has 0 spiro atoms. The van der Waals surface area contributed by atoms with E-state index < -0.39 is 0 Å². The van der Waals surface area contributed by atoms with E-state index in [1.54, 1.807) is 0 Å². The molecule has 0 heterocycles. The Balaban J connectivity index is 2.40. The number of hydrogen-bond acceptors (Lipinski definition) is 1. The van der Waals surface area contributed by atoms with Crippen molar-refractivity contribution in [1.82, 2.24) is 0 Å². The van der Waals surface area contributed by atoms with Crippen molar-refractivity contribution in [1.29, 1.82) is 0 Å². The normalized spacial score (nSPS) is 20.3. The van der Waals surface area contributed by atoms with Gasteiger partial charge in [0.25, 0.3) is 5.76 Å². The van der Waals surface area contributed by atoms with E-state index >= 15 is 0 Å². The van der Waals surface area contributed by atoms with Crippen LogP contribution in [-0.4, -0.2) is 5.11 Å². The van der Waals surface area contributed by atoms with Crippen LogP contribution in [0.25, 0.3) is 0 Å². The number of hydrogen-bond donors (Lipinski definition) is 1. The molecule has 38 valence electrons. The molecule has 0 radical (unpaired) electrons. The fourth-order valence-electron chi connectivity index (χ4n) is 0.701. The molecule has 0 aromatic carbocycles. The monoisotopic (exact) mass is 97.1 g/mol. The summed E-state index contributed by atoms with van der Waals surface area (Å²) >= 11 is 0. The zero-order chi connectivity index (χ0) is 5.11. The molecule has 1 aliphatic carbocycles. The van der Waals surface area contributed by atoms with Crippen LogP contribution in [0.1, 0.15) is 19.3 Å². The highest BCUT2D eigenvalue weighted by Gasteiger charge is 2.08. The SMILES string of the molecule is OC1=CCCC[CH+]1. The highest BCUT2D eigenvalue weighted by Crippen LogP contribution is 2.12. The summed E-state index contributed by atoms with van der Waals surface area (Å²) in [5, 5.41) is 8.71. The molecule has 1 nitrogen and oxygen atoms in total. The highest BCUT2D eigenvalue weighted by atomic mass is 16.3. The van der Waals surface area contributed by atoms with Gasteiger partial charge in [-0.25, -0.2) is 0 Å². The fourth-order valence-corrected chi connectivity index (χ4v) is 0.701. The van der Waals surface area contributed by atoms with E-state index in [1.807, 2.05) is 12.5 Å². The van der Waals surface area contributed by atoms with Crippen LogP contribution in [0.2, 0.25) is 0 Å². The molecule has 0 bridgehead atoms. The van der Waals surface area contributed by atoms with Gasteiger partial charge in [0, 0.05) is 12.8 Å². The van der Waals surface area contributed by atoms with Gasteiger partial charge in [-0.15, -0.1) is 0 Å². The topological polar surface area (TPSA) is 20.2 Å². The standard InChI is InChI=1S/C6H8O/c7-6-4-2-1-3-5-6/h4-5H,1-3H2/p+1. The fraction of sp³-hybridized carbons (Fsp3) is 0.500. The van der Waals surface area contributed by atoms with Crippen LogP contribution in [0, 0.1) is 6.42 Å². The summed E-state index contributed by atoms with van der Waals surface area (Å²) in [6.07, 6.45) is 6.99. The molecule has 0 aromatic rings. The minimum Gasteiger partial charge on any atom is -0.478 e. The maximum absolute atomic E-state index is 8.71. The first kappa shape index (κ1) is 4.57. The number of aliphatic hydroxyl groups is 1. The maximum Gasteiger partial charge on any atom is 0.273 e. The predicted molar refractivity (Wildman–Crippen MR) is 28.9 cm³/mol. The molecule has 1 heteroatoms. The Hall–Kier alpha value is -0.590. The highest BCUT2D eigenvalue weighted by molar-refractivity contribution is 5.06. The smallest absolute Gasteiger partial charge is 0.273 e. The Labute approximate surface area is 43.7 Å². The summed E-state index contributed by atoms with van der Waals surface area (Å²) in [5.74, 6) is 0.464. The molecule has 0 aliphatic heterocycles. The second kappa shape index (κ2) is 1.92.